The molecule has 2 fully saturated rings. The molecule has 0 aromatic heterocycles. The highest BCUT2D eigenvalue weighted by molar-refractivity contribution is 5.95. The first-order valence-corrected chi connectivity index (χ1v) is 9.58. The first-order valence-electron chi connectivity index (χ1n) is 9.58. The fourth-order valence-electron chi connectivity index (χ4n) is 4.46. The van der Waals surface area contributed by atoms with Crippen LogP contribution in [-0.2, 0) is 14.9 Å². The summed E-state index contributed by atoms with van der Waals surface area (Å²) in [5.74, 6) is 0.0924. The molecule has 3 amide bonds. The summed E-state index contributed by atoms with van der Waals surface area (Å²) in [6.07, 6.45) is 0.211. The smallest absolute Gasteiger partial charge is 0.323 e. The number of hydrogen-bond donors (Lipinski definition) is 0. The van der Waals surface area contributed by atoms with Gasteiger partial charge >= 0.3 is 6.03 Å². The molecule has 0 saturated carbocycles. The molecule has 1 spiro atoms. The Morgan fingerprint density at radius 2 is 1.85 bits per heavy atom. The van der Waals surface area contributed by atoms with E-state index < -0.39 is 6.10 Å². The molecule has 27 heavy (non-hydrogen) atoms. The molecule has 0 N–H and O–H groups in total. The van der Waals surface area contributed by atoms with Crippen LogP contribution in [-0.4, -0.2) is 93.2 Å². The number of amides is 3. The number of para-hydroxylation sites is 1. The summed E-state index contributed by atoms with van der Waals surface area (Å²) in [6, 6.07) is 7.98. The molecule has 7 nitrogen and oxygen atoms in total. The number of likely N-dealkylation sites (N-methyl/N-ethyl adjacent to an activating group) is 1. The summed E-state index contributed by atoms with van der Waals surface area (Å²) in [7, 11) is 5.61. The van der Waals surface area contributed by atoms with E-state index in [9.17, 15) is 9.59 Å². The van der Waals surface area contributed by atoms with Gasteiger partial charge in [-0.25, -0.2) is 4.79 Å². The number of benzene rings is 1. The molecule has 3 heterocycles. The monoisotopic (exact) mass is 372 g/mol. The lowest BCUT2D eigenvalue weighted by Gasteiger charge is -2.33. The molecule has 1 aromatic carbocycles. The quantitative estimate of drug-likeness (QED) is 0.738. The van der Waals surface area contributed by atoms with Crippen molar-refractivity contribution < 1.29 is 14.3 Å². The second kappa shape index (κ2) is 6.80. The molecule has 1 aromatic rings. The Hall–Kier alpha value is -2.12. The minimum Gasteiger partial charge on any atom is -0.367 e. The average molecular weight is 372 g/mol. The van der Waals surface area contributed by atoms with E-state index in [1.165, 1.54) is 0 Å². The zero-order valence-electron chi connectivity index (χ0n) is 16.4. The Morgan fingerprint density at radius 1 is 1.15 bits per heavy atom. The maximum atomic E-state index is 13.0. The number of fused-ring (bicyclic) bond motifs is 2. The van der Waals surface area contributed by atoms with Gasteiger partial charge in [0, 0.05) is 57.9 Å². The SMILES string of the molecule is CN1CCN(C(=O)[C@@H]2C[C@]3(CO2)CN(C(=O)N(C)C)c2ccccc23)CC1. The van der Waals surface area contributed by atoms with Gasteiger partial charge in [-0.15, -0.1) is 0 Å². The predicted octanol–water partition coefficient (Wildman–Crippen LogP) is 0.989. The Balaban J connectivity index is 1.54. The molecule has 2 saturated heterocycles. The van der Waals surface area contributed by atoms with E-state index in [1.807, 2.05) is 28.0 Å². The van der Waals surface area contributed by atoms with E-state index in [0.717, 1.165) is 37.4 Å². The number of hydrogen-bond acceptors (Lipinski definition) is 4. The zero-order valence-corrected chi connectivity index (χ0v) is 16.4. The van der Waals surface area contributed by atoms with Gasteiger partial charge in [0.2, 0.25) is 0 Å². The highest BCUT2D eigenvalue weighted by atomic mass is 16.5. The molecule has 7 heteroatoms. The Morgan fingerprint density at radius 3 is 2.56 bits per heavy atom. The van der Waals surface area contributed by atoms with E-state index in [0.29, 0.717) is 19.6 Å². The van der Waals surface area contributed by atoms with Crippen LogP contribution in [0.15, 0.2) is 24.3 Å². The first-order chi connectivity index (χ1) is 12.9. The van der Waals surface area contributed by atoms with Gasteiger partial charge in [0.25, 0.3) is 5.91 Å². The van der Waals surface area contributed by atoms with Crippen molar-refractivity contribution in [2.45, 2.75) is 17.9 Å². The average Bonchev–Trinajstić information content (AvgIpc) is 3.24. The molecule has 3 aliphatic heterocycles. The molecule has 0 radical (unpaired) electrons. The lowest BCUT2D eigenvalue weighted by atomic mass is 9.80. The van der Waals surface area contributed by atoms with E-state index in [-0.39, 0.29) is 17.4 Å². The topological polar surface area (TPSA) is 56.3 Å². The zero-order chi connectivity index (χ0) is 19.2. The highest BCUT2D eigenvalue weighted by Gasteiger charge is 2.52. The number of urea groups is 1. The van der Waals surface area contributed by atoms with Crippen molar-refractivity contribution in [1.29, 1.82) is 0 Å². The van der Waals surface area contributed by atoms with Crippen molar-refractivity contribution in [2.24, 2.45) is 0 Å². The van der Waals surface area contributed by atoms with E-state index in [2.05, 4.69) is 18.0 Å². The molecule has 0 aliphatic carbocycles. The van der Waals surface area contributed by atoms with Crippen LogP contribution in [0.3, 0.4) is 0 Å². The van der Waals surface area contributed by atoms with Gasteiger partial charge in [-0.2, -0.15) is 0 Å². The van der Waals surface area contributed by atoms with Crippen molar-refractivity contribution >= 4 is 17.6 Å². The highest BCUT2D eigenvalue weighted by Crippen LogP contribution is 2.47. The summed E-state index contributed by atoms with van der Waals surface area (Å²) in [5.41, 5.74) is 1.76. The molecule has 0 bridgehead atoms. The molecule has 0 unspecified atom stereocenters. The van der Waals surface area contributed by atoms with Crippen LogP contribution in [0.4, 0.5) is 10.5 Å². The second-order valence-corrected chi connectivity index (χ2v) is 8.19. The molecular weight excluding hydrogens is 344 g/mol. The normalized spacial score (nSPS) is 27.9. The van der Waals surface area contributed by atoms with Crippen molar-refractivity contribution in [3.8, 4) is 0 Å². The van der Waals surface area contributed by atoms with Gasteiger partial charge < -0.3 is 19.4 Å². The van der Waals surface area contributed by atoms with E-state index in [1.54, 1.807) is 19.0 Å². The number of rotatable bonds is 1. The number of piperazine rings is 1. The number of carbonyl (C=O) groups is 2. The molecular formula is C20H28N4O3. The summed E-state index contributed by atoms with van der Waals surface area (Å²) >= 11 is 0. The number of ether oxygens (including phenoxy) is 1. The molecule has 2 atom stereocenters. The van der Waals surface area contributed by atoms with Crippen molar-refractivity contribution in [1.82, 2.24) is 14.7 Å². The van der Waals surface area contributed by atoms with Crippen LogP contribution in [0.2, 0.25) is 0 Å². The third-order valence-electron chi connectivity index (χ3n) is 6.07. The van der Waals surface area contributed by atoms with Crippen LogP contribution < -0.4 is 4.90 Å². The Bertz CT molecular complexity index is 744. The second-order valence-electron chi connectivity index (χ2n) is 8.19. The van der Waals surface area contributed by atoms with Gasteiger partial charge in [-0.3, -0.25) is 9.69 Å². The van der Waals surface area contributed by atoms with Crippen molar-refractivity contribution in [3.05, 3.63) is 29.8 Å². The van der Waals surface area contributed by atoms with E-state index >= 15 is 0 Å². The minimum atomic E-state index is -0.420. The maximum Gasteiger partial charge on any atom is 0.323 e. The summed E-state index contributed by atoms with van der Waals surface area (Å²) in [5, 5.41) is 0. The van der Waals surface area contributed by atoms with Gasteiger partial charge in [0.05, 0.1) is 6.61 Å². The first kappa shape index (κ1) is 18.3. The van der Waals surface area contributed by atoms with Crippen LogP contribution in [0.25, 0.3) is 0 Å². The van der Waals surface area contributed by atoms with Crippen LogP contribution >= 0.6 is 0 Å². The van der Waals surface area contributed by atoms with Crippen LogP contribution in [0, 0.1) is 0 Å². The Labute approximate surface area is 160 Å². The van der Waals surface area contributed by atoms with Crippen molar-refractivity contribution in [2.75, 3.05) is 65.4 Å². The fourth-order valence-corrected chi connectivity index (χ4v) is 4.46. The Kier molecular flexibility index (Phi) is 4.60. The minimum absolute atomic E-state index is 0.0341. The van der Waals surface area contributed by atoms with Gasteiger partial charge in [0.15, 0.2) is 0 Å². The largest absolute Gasteiger partial charge is 0.367 e. The third-order valence-corrected chi connectivity index (χ3v) is 6.07. The third kappa shape index (κ3) is 3.08. The molecule has 3 aliphatic rings. The van der Waals surface area contributed by atoms with Crippen molar-refractivity contribution in [3.63, 3.8) is 0 Å². The van der Waals surface area contributed by atoms with Gasteiger partial charge in [0.1, 0.15) is 6.10 Å². The van der Waals surface area contributed by atoms with Gasteiger partial charge in [-0.1, -0.05) is 18.2 Å². The number of carbonyl (C=O) groups excluding carboxylic acids is 2. The molecule has 4 rings (SSSR count). The van der Waals surface area contributed by atoms with Crippen LogP contribution in [0.1, 0.15) is 12.0 Å². The number of nitrogens with zero attached hydrogens (tertiary/aromatic N) is 4. The summed E-state index contributed by atoms with van der Waals surface area (Å²) in [6.45, 7) is 4.35. The lowest BCUT2D eigenvalue weighted by Crippen LogP contribution is -2.50. The maximum absolute atomic E-state index is 13.0. The van der Waals surface area contributed by atoms with E-state index in [4.69, 9.17) is 4.74 Å². The lowest BCUT2D eigenvalue weighted by molar-refractivity contribution is -0.142. The standard InChI is InChI=1S/C20H28N4O3/c1-21(2)19(26)24-13-20(15-6-4-5-7-16(15)24)12-17(27-14-20)18(25)23-10-8-22(3)9-11-23/h4-7,17H,8-14H2,1-3H3/t17-,20+/m0/s1. The fraction of sp³-hybridized carbons (Fsp3) is 0.600. The number of anilines is 1. The van der Waals surface area contributed by atoms with Crippen LogP contribution in [0.5, 0.6) is 0 Å². The molecule has 146 valence electrons. The summed E-state index contributed by atoms with van der Waals surface area (Å²) < 4.78 is 6.02. The summed E-state index contributed by atoms with van der Waals surface area (Å²) in [4.78, 5) is 33.2. The van der Waals surface area contributed by atoms with Gasteiger partial charge in [-0.05, 0) is 25.1 Å². The predicted molar refractivity (Wildman–Crippen MR) is 103 cm³/mol.